The number of aryl methyl sites for hydroxylation is 1. The Labute approximate surface area is 128 Å². The normalized spacial score (nSPS) is 21.0. The van der Waals surface area contributed by atoms with Crippen molar-refractivity contribution in [2.24, 2.45) is 7.05 Å². The van der Waals surface area contributed by atoms with Gasteiger partial charge >= 0.3 is 0 Å². The van der Waals surface area contributed by atoms with Crippen LogP contribution >= 0.6 is 11.3 Å². The van der Waals surface area contributed by atoms with E-state index in [1.807, 2.05) is 16.6 Å². The summed E-state index contributed by atoms with van der Waals surface area (Å²) in [6.07, 6.45) is 5.51. The van der Waals surface area contributed by atoms with Crippen molar-refractivity contribution in [1.29, 1.82) is 0 Å². The van der Waals surface area contributed by atoms with Gasteiger partial charge in [-0.05, 0) is 43.6 Å². The average Bonchev–Trinajstić information content (AvgIpc) is 3.07. The lowest BCUT2D eigenvalue weighted by molar-refractivity contribution is 0.0459. The molecular formula is C16H19N3OS. The van der Waals surface area contributed by atoms with Crippen LogP contribution in [0.3, 0.4) is 0 Å². The predicted octanol–water partition coefficient (Wildman–Crippen LogP) is 2.95. The summed E-state index contributed by atoms with van der Waals surface area (Å²) < 4.78 is 1.92. The highest BCUT2D eigenvalue weighted by Gasteiger charge is 2.37. The summed E-state index contributed by atoms with van der Waals surface area (Å²) in [5, 5.41) is 6.62. The second-order valence-electron chi connectivity index (χ2n) is 5.92. The topological polar surface area (TPSA) is 38.1 Å². The fraction of sp³-hybridized carbons (Fsp3) is 0.500. The van der Waals surface area contributed by atoms with E-state index in [9.17, 15) is 4.79 Å². The zero-order valence-electron chi connectivity index (χ0n) is 12.2. The van der Waals surface area contributed by atoms with Crippen LogP contribution in [0.4, 0.5) is 0 Å². The molecule has 1 amide bonds. The van der Waals surface area contributed by atoms with Gasteiger partial charge in [0.25, 0.3) is 5.91 Å². The maximum Gasteiger partial charge on any atom is 0.275 e. The maximum atomic E-state index is 12.9. The zero-order chi connectivity index (χ0) is 14.4. The summed E-state index contributed by atoms with van der Waals surface area (Å²) in [5.41, 5.74) is 3.16. The molecular weight excluding hydrogens is 282 g/mol. The van der Waals surface area contributed by atoms with E-state index in [4.69, 9.17) is 0 Å². The lowest BCUT2D eigenvalue weighted by Gasteiger charge is -2.40. The smallest absolute Gasteiger partial charge is 0.275 e. The fourth-order valence-electron chi connectivity index (χ4n) is 3.49. The molecule has 3 heterocycles. The van der Waals surface area contributed by atoms with Crippen LogP contribution in [0.5, 0.6) is 0 Å². The van der Waals surface area contributed by atoms with E-state index in [2.05, 4.69) is 22.6 Å². The molecule has 5 heteroatoms. The first-order chi connectivity index (χ1) is 10.3. The number of aromatic nitrogens is 2. The summed E-state index contributed by atoms with van der Waals surface area (Å²) in [7, 11) is 1.97. The minimum Gasteiger partial charge on any atom is -0.329 e. The lowest BCUT2D eigenvalue weighted by atomic mass is 9.94. The van der Waals surface area contributed by atoms with Gasteiger partial charge in [-0.15, -0.1) is 11.3 Å². The van der Waals surface area contributed by atoms with Crippen molar-refractivity contribution in [3.63, 3.8) is 0 Å². The Hall–Kier alpha value is -1.62. The van der Waals surface area contributed by atoms with E-state index in [0.29, 0.717) is 5.69 Å². The quantitative estimate of drug-likeness (QED) is 0.855. The third-order valence-electron chi connectivity index (χ3n) is 4.72. The third-order valence-corrected chi connectivity index (χ3v) is 5.69. The van der Waals surface area contributed by atoms with Gasteiger partial charge in [0, 0.05) is 29.7 Å². The number of amides is 1. The van der Waals surface area contributed by atoms with Gasteiger partial charge in [0.15, 0.2) is 5.69 Å². The minimum atomic E-state index is 0.124. The van der Waals surface area contributed by atoms with Crippen LogP contribution in [0.1, 0.15) is 51.9 Å². The molecule has 1 aliphatic heterocycles. The summed E-state index contributed by atoms with van der Waals surface area (Å²) in [4.78, 5) is 16.2. The van der Waals surface area contributed by atoms with Crippen LogP contribution in [-0.2, 0) is 19.9 Å². The number of thiophene rings is 1. The van der Waals surface area contributed by atoms with E-state index < -0.39 is 0 Å². The molecule has 1 fully saturated rings. The molecule has 0 bridgehead atoms. The van der Waals surface area contributed by atoms with Gasteiger partial charge in [-0.25, -0.2) is 0 Å². The standard InChI is InChI=1S/C16H19N3OS/c1-18-12-6-3-2-5-11(12)15(17-18)16(20)19-9-8-13(19)14-7-4-10-21-14/h4,7,10,13H,2-3,5-6,8-9H2,1H3/t13-/m1/s1. The van der Waals surface area contributed by atoms with Gasteiger partial charge in [-0.3, -0.25) is 9.48 Å². The van der Waals surface area contributed by atoms with Crippen LogP contribution in [0.25, 0.3) is 0 Å². The number of likely N-dealkylation sites (tertiary alicyclic amines) is 1. The fourth-order valence-corrected chi connectivity index (χ4v) is 4.36. The molecule has 2 aromatic rings. The van der Waals surface area contributed by atoms with Crippen LogP contribution in [0.2, 0.25) is 0 Å². The van der Waals surface area contributed by atoms with Gasteiger partial charge in [-0.2, -0.15) is 5.10 Å². The highest BCUT2D eigenvalue weighted by molar-refractivity contribution is 7.10. The predicted molar refractivity (Wildman–Crippen MR) is 82.6 cm³/mol. The maximum absolute atomic E-state index is 12.9. The first-order valence-electron chi connectivity index (χ1n) is 7.65. The van der Waals surface area contributed by atoms with Gasteiger partial charge in [0.1, 0.15) is 0 Å². The van der Waals surface area contributed by atoms with E-state index in [-0.39, 0.29) is 11.9 Å². The Kier molecular flexibility index (Phi) is 3.10. The number of hydrogen-bond donors (Lipinski definition) is 0. The molecule has 0 N–H and O–H groups in total. The van der Waals surface area contributed by atoms with Gasteiger partial charge < -0.3 is 4.90 Å². The highest BCUT2D eigenvalue weighted by Crippen LogP contribution is 2.37. The monoisotopic (exact) mass is 301 g/mol. The van der Waals surface area contributed by atoms with E-state index >= 15 is 0 Å². The second kappa shape index (κ2) is 4.98. The minimum absolute atomic E-state index is 0.124. The Morgan fingerprint density at radius 3 is 2.95 bits per heavy atom. The first kappa shape index (κ1) is 13.1. The molecule has 2 aromatic heterocycles. The third kappa shape index (κ3) is 2.02. The molecule has 4 nitrogen and oxygen atoms in total. The van der Waals surface area contributed by atoms with Crippen molar-refractivity contribution >= 4 is 17.2 Å². The Balaban J connectivity index is 1.64. The summed E-state index contributed by atoms with van der Waals surface area (Å²) in [5.74, 6) is 0.124. The molecule has 0 saturated carbocycles. The Bertz CT molecular complexity index is 674. The second-order valence-corrected chi connectivity index (χ2v) is 6.90. The molecule has 2 aliphatic rings. The van der Waals surface area contributed by atoms with Crippen LogP contribution in [0.15, 0.2) is 17.5 Å². The van der Waals surface area contributed by atoms with E-state index in [0.717, 1.165) is 25.8 Å². The number of carbonyl (C=O) groups is 1. The summed E-state index contributed by atoms with van der Waals surface area (Å²) in [6.45, 7) is 0.854. The largest absolute Gasteiger partial charge is 0.329 e. The number of nitrogens with zero attached hydrogens (tertiary/aromatic N) is 3. The van der Waals surface area contributed by atoms with Crippen molar-refractivity contribution in [3.8, 4) is 0 Å². The molecule has 4 rings (SSSR count). The van der Waals surface area contributed by atoms with Crippen LogP contribution in [-0.4, -0.2) is 27.1 Å². The van der Waals surface area contributed by atoms with Crippen LogP contribution < -0.4 is 0 Å². The first-order valence-corrected chi connectivity index (χ1v) is 8.53. The molecule has 0 spiro atoms. The highest BCUT2D eigenvalue weighted by atomic mass is 32.1. The van der Waals surface area contributed by atoms with Gasteiger partial charge in [0.2, 0.25) is 0 Å². The number of rotatable bonds is 2. The van der Waals surface area contributed by atoms with E-state index in [1.54, 1.807) is 11.3 Å². The van der Waals surface area contributed by atoms with Gasteiger partial charge in [-0.1, -0.05) is 6.07 Å². The average molecular weight is 301 g/mol. The number of carbonyl (C=O) groups excluding carboxylic acids is 1. The molecule has 1 aliphatic carbocycles. The van der Waals surface area contributed by atoms with Crippen molar-refractivity contribution in [2.75, 3.05) is 6.54 Å². The number of fused-ring (bicyclic) bond motifs is 1. The number of hydrogen-bond acceptors (Lipinski definition) is 3. The molecule has 1 saturated heterocycles. The Morgan fingerprint density at radius 1 is 1.38 bits per heavy atom. The molecule has 21 heavy (non-hydrogen) atoms. The molecule has 0 unspecified atom stereocenters. The lowest BCUT2D eigenvalue weighted by Crippen LogP contribution is -2.45. The summed E-state index contributed by atoms with van der Waals surface area (Å²) >= 11 is 1.74. The summed E-state index contributed by atoms with van der Waals surface area (Å²) in [6, 6.07) is 4.45. The molecule has 110 valence electrons. The van der Waals surface area contributed by atoms with Gasteiger partial charge in [0.05, 0.1) is 6.04 Å². The molecule has 0 aromatic carbocycles. The zero-order valence-corrected chi connectivity index (χ0v) is 13.0. The van der Waals surface area contributed by atoms with Crippen LogP contribution in [0, 0.1) is 0 Å². The van der Waals surface area contributed by atoms with Crippen molar-refractivity contribution in [3.05, 3.63) is 39.3 Å². The molecule has 1 atom stereocenters. The Morgan fingerprint density at radius 2 is 2.24 bits per heavy atom. The van der Waals surface area contributed by atoms with Crippen molar-refractivity contribution in [1.82, 2.24) is 14.7 Å². The van der Waals surface area contributed by atoms with Crippen molar-refractivity contribution < 1.29 is 4.79 Å². The van der Waals surface area contributed by atoms with Crippen molar-refractivity contribution in [2.45, 2.75) is 38.1 Å². The SMILES string of the molecule is Cn1nc(C(=O)N2CC[C@@H]2c2cccs2)c2c1CCCC2. The van der Waals surface area contributed by atoms with E-state index in [1.165, 1.54) is 29.0 Å². The molecule has 0 radical (unpaired) electrons.